The van der Waals surface area contributed by atoms with Crippen LogP contribution in [0.15, 0.2) is 53.1 Å². The summed E-state index contributed by atoms with van der Waals surface area (Å²) in [5, 5.41) is 4.99. The molecule has 0 bridgehead atoms. The van der Waals surface area contributed by atoms with Crippen molar-refractivity contribution in [3.63, 3.8) is 0 Å². The lowest BCUT2D eigenvalue weighted by Gasteiger charge is -2.26. The van der Waals surface area contributed by atoms with E-state index in [1.54, 1.807) is 0 Å². The molecule has 3 heteroatoms. The number of hydrogen-bond acceptors (Lipinski definition) is 1. The van der Waals surface area contributed by atoms with Crippen molar-refractivity contribution in [1.82, 2.24) is 4.98 Å². The first-order chi connectivity index (χ1) is 10.3. The minimum absolute atomic E-state index is 0.507. The zero-order valence-corrected chi connectivity index (χ0v) is 13.3. The molecular formula is C18H17BrN2. The zero-order valence-electron chi connectivity index (χ0n) is 11.7. The van der Waals surface area contributed by atoms with Gasteiger partial charge in [-0.3, -0.25) is 0 Å². The van der Waals surface area contributed by atoms with Gasteiger partial charge in [0.1, 0.15) is 0 Å². The summed E-state index contributed by atoms with van der Waals surface area (Å²) in [5.74, 6) is 0. The van der Waals surface area contributed by atoms with Crippen LogP contribution in [0.1, 0.15) is 17.5 Å². The summed E-state index contributed by atoms with van der Waals surface area (Å²) in [6.45, 7) is 0. The van der Waals surface area contributed by atoms with Crippen molar-refractivity contribution in [1.29, 1.82) is 0 Å². The standard InChI is InChI=1S/C18H17BrN2/c19-15-6-4-14-11-16(7-5-13(14)10-15)21-17-3-1-2-12-8-9-20-18(12)17/h1-4,6,8-10,16,20-21H,5,7,11H2. The minimum atomic E-state index is 0.507. The quantitative estimate of drug-likeness (QED) is 0.682. The van der Waals surface area contributed by atoms with Crippen molar-refractivity contribution in [2.24, 2.45) is 0 Å². The third kappa shape index (κ3) is 2.46. The van der Waals surface area contributed by atoms with E-state index in [4.69, 9.17) is 0 Å². The Morgan fingerprint density at radius 2 is 2.05 bits per heavy atom. The van der Waals surface area contributed by atoms with Gasteiger partial charge in [-0.2, -0.15) is 0 Å². The van der Waals surface area contributed by atoms with Gasteiger partial charge in [-0.15, -0.1) is 0 Å². The van der Waals surface area contributed by atoms with E-state index >= 15 is 0 Å². The molecule has 106 valence electrons. The van der Waals surface area contributed by atoms with Gasteiger partial charge >= 0.3 is 0 Å². The van der Waals surface area contributed by atoms with Crippen LogP contribution < -0.4 is 5.32 Å². The molecule has 0 saturated carbocycles. The van der Waals surface area contributed by atoms with E-state index in [1.807, 2.05) is 6.20 Å². The highest BCUT2D eigenvalue weighted by Gasteiger charge is 2.19. The van der Waals surface area contributed by atoms with Crippen LogP contribution in [0.4, 0.5) is 5.69 Å². The Kier molecular flexibility index (Phi) is 3.23. The fraction of sp³-hybridized carbons (Fsp3) is 0.222. The molecule has 0 fully saturated rings. The highest BCUT2D eigenvalue weighted by molar-refractivity contribution is 9.10. The highest BCUT2D eigenvalue weighted by atomic mass is 79.9. The lowest BCUT2D eigenvalue weighted by molar-refractivity contribution is 0.611. The van der Waals surface area contributed by atoms with Gasteiger partial charge in [0.05, 0.1) is 11.2 Å². The Hall–Kier alpha value is -1.74. The number of para-hydroxylation sites is 1. The average molecular weight is 341 g/mol. The second-order valence-electron chi connectivity index (χ2n) is 5.74. The van der Waals surface area contributed by atoms with Crippen LogP contribution in [0.3, 0.4) is 0 Å². The third-order valence-electron chi connectivity index (χ3n) is 4.34. The third-order valence-corrected chi connectivity index (χ3v) is 4.84. The van der Waals surface area contributed by atoms with Gasteiger partial charge in [0, 0.05) is 22.1 Å². The van der Waals surface area contributed by atoms with Crippen LogP contribution in [-0.4, -0.2) is 11.0 Å². The number of benzene rings is 2. The van der Waals surface area contributed by atoms with E-state index in [-0.39, 0.29) is 0 Å². The maximum absolute atomic E-state index is 3.72. The number of H-pyrrole nitrogens is 1. The SMILES string of the molecule is Brc1ccc2c(c1)CCC(Nc1cccc3cc[nH]c13)C2. The Balaban J connectivity index is 1.59. The fourth-order valence-corrected chi connectivity index (χ4v) is 3.68. The van der Waals surface area contributed by atoms with Crippen LogP contribution in [0.25, 0.3) is 10.9 Å². The summed E-state index contributed by atoms with van der Waals surface area (Å²) in [4.78, 5) is 3.34. The lowest BCUT2D eigenvalue weighted by Crippen LogP contribution is -2.27. The van der Waals surface area contributed by atoms with Crippen molar-refractivity contribution < 1.29 is 0 Å². The molecule has 0 aliphatic heterocycles. The van der Waals surface area contributed by atoms with Crippen molar-refractivity contribution in [3.05, 3.63) is 64.3 Å². The van der Waals surface area contributed by atoms with Crippen LogP contribution >= 0.6 is 15.9 Å². The Morgan fingerprint density at radius 3 is 3.00 bits per heavy atom. The van der Waals surface area contributed by atoms with Crippen molar-refractivity contribution in [2.75, 3.05) is 5.32 Å². The van der Waals surface area contributed by atoms with Gasteiger partial charge in [0.25, 0.3) is 0 Å². The number of fused-ring (bicyclic) bond motifs is 2. The summed E-state index contributed by atoms with van der Waals surface area (Å²) in [7, 11) is 0. The molecule has 2 nitrogen and oxygen atoms in total. The Bertz CT molecular complexity index is 791. The van der Waals surface area contributed by atoms with Gasteiger partial charge in [0.15, 0.2) is 0 Å². The largest absolute Gasteiger partial charge is 0.380 e. The monoisotopic (exact) mass is 340 g/mol. The first kappa shape index (κ1) is 13.0. The minimum Gasteiger partial charge on any atom is -0.380 e. The maximum Gasteiger partial charge on any atom is 0.0689 e. The van der Waals surface area contributed by atoms with E-state index in [0.29, 0.717) is 6.04 Å². The molecule has 0 saturated heterocycles. The number of aromatic nitrogens is 1. The molecule has 3 aromatic rings. The van der Waals surface area contributed by atoms with Crippen LogP contribution in [0, 0.1) is 0 Å². The van der Waals surface area contributed by atoms with E-state index in [0.717, 1.165) is 12.8 Å². The fourth-order valence-electron chi connectivity index (χ4n) is 3.27. The molecular weight excluding hydrogens is 324 g/mol. The van der Waals surface area contributed by atoms with Crippen molar-refractivity contribution >= 4 is 32.5 Å². The van der Waals surface area contributed by atoms with E-state index in [2.05, 4.69) is 68.7 Å². The maximum atomic E-state index is 3.72. The molecule has 1 aliphatic carbocycles. The predicted molar refractivity (Wildman–Crippen MR) is 91.9 cm³/mol. The number of aromatic amines is 1. The predicted octanol–water partition coefficient (Wildman–Crippen LogP) is 4.90. The molecule has 0 spiro atoms. The molecule has 2 N–H and O–H groups in total. The summed E-state index contributed by atoms with van der Waals surface area (Å²) >= 11 is 3.56. The van der Waals surface area contributed by atoms with Gasteiger partial charge in [-0.25, -0.2) is 0 Å². The average Bonchev–Trinajstić information content (AvgIpc) is 2.97. The van der Waals surface area contributed by atoms with E-state index in [9.17, 15) is 0 Å². The summed E-state index contributed by atoms with van der Waals surface area (Å²) < 4.78 is 1.18. The highest BCUT2D eigenvalue weighted by Crippen LogP contribution is 2.28. The Morgan fingerprint density at radius 1 is 1.10 bits per heavy atom. The van der Waals surface area contributed by atoms with E-state index < -0.39 is 0 Å². The lowest BCUT2D eigenvalue weighted by atomic mass is 9.88. The van der Waals surface area contributed by atoms with Crippen LogP contribution in [-0.2, 0) is 12.8 Å². The molecule has 21 heavy (non-hydrogen) atoms. The molecule has 0 radical (unpaired) electrons. The molecule has 1 atom stereocenters. The number of anilines is 1. The smallest absolute Gasteiger partial charge is 0.0689 e. The molecule has 1 heterocycles. The molecule has 0 amide bonds. The number of rotatable bonds is 2. The van der Waals surface area contributed by atoms with Gasteiger partial charge in [-0.1, -0.05) is 34.1 Å². The van der Waals surface area contributed by atoms with Crippen molar-refractivity contribution in [2.45, 2.75) is 25.3 Å². The molecule has 4 rings (SSSR count). The number of hydrogen-bond donors (Lipinski definition) is 2. The first-order valence-corrected chi connectivity index (χ1v) is 8.19. The summed E-state index contributed by atoms with van der Waals surface area (Å²) in [5.41, 5.74) is 5.38. The molecule has 1 unspecified atom stereocenters. The number of halogens is 1. The van der Waals surface area contributed by atoms with Gasteiger partial charge < -0.3 is 10.3 Å². The van der Waals surface area contributed by atoms with Gasteiger partial charge in [0.2, 0.25) is 0 Å². The summed E-state index contributed by atoms with van der Waals surface area (Å²) in [6, 6.07) is 15.7. The van der Waals surface area contributed by atoms with Crippen LogP contribution in [0.5, 0.6) is 0 Å². The first-order valence-electron chi connectivity index (χ1n) is 7.39. The topological polar surface area (TPSA) is 27.8 Å². The van der Waals surface area contributed by atoms with E-state index in [1.165, 1.54) is 38.6 Å². The second kappa shape index (κ2) is 5.23. The zero-order chi connectivity index (χ0) is 14.2. The molecule has 2 aromatic carbocycles. The van der Waals surface area contributed by atoms with Crippen LogP contribution in [0.2, 0.25) is 0 Å². The second-order valence-corrected chi connectivity index (χ2v) is 6.66. The van der Waals surface area contributed by atoms with Crippen molar-refractivity contribution in [3.8, 4) is 0 Å². The Labute approximate surface area is 132 Å². The molecule has 1 aromatic heterocycles. The number of nitrogens with one attached hydrogen (secondary N) is 2. The molecule has 1 aliphatic rings. The summed E-state index contributed by atoms with van der Waals surface area (Å²) in [6.07, 6.45) is 5.43. The van der Waals surface area contributed by atoms with Gasteiger partial charge in [-0.05, 0) is 54.7 Å². The normalized spacial score (nSPS) is 17.7. The number of aryl methyl sites for hydroxylation is 1.